The maximum atomic E-state index is 12.6. The van der Waals surface area contributed by atoms with Crippen LogP contribution >= 0.6 is 11.6 Å². The Hall–Kier alpha value is -1.68. The zero-order chi connectivity index (χ0) is 20.0. The molecular weight excluding hydrogens is 394 g/mol. The summed E-state index contributed by atoms with van der Waals surface area (Å²) >= 11 is 6.03. The average Bonchev–Trinajstić information content (AvgIpc) is 3.14. The monoisotopic (exact) mass is 417 g/mol. The molecule has 1 heterocycles. The van der Waals surface area contributed by atoms with Crippen molar-refractivity contribution in [1.29, 1.82) is 0 Å². The molecule has 1 saturated heterocycles. The Morgan fingerprint density at radius 1 is 1.37 bits per heavy atom. The molecule has 0 aromatic heterocycles. The van der Waals surface area contributed by atoms with Crippen LogP contribution in [-0.4, -0.2) is 52.1 Å². The van der Waals surface area contributed by atoms with E-state index in [1.807, 2.05) is 0 Å². The molecule has 1 aromatic carbocycles. The fraction of sp³-hybridized carbons (Fsp3) is 0.529. The summed E-state index contributed by atoms with van der Waals surface area (Å²) < 4.78 is 33.0. The van der Waals surface area contributed by atoms with E-state index in [-0.39, 0.29) is 34.0 Å². The standard InChI is InChI=1S/C17H24ClN3O5S/c1-3-19-16(22)11(2)21-17(23)12-6-7-14(18)15(9-12)27(24,25)20-10-13-5-4-8-26-13/h6-7,9,11,13,20H,3-5,8,10H2,1-2H3,(H,19,22)(H,21,23)/t11-,13+/m1/s1. The second-order valence-electron chi connectivity index (χ2n) is 6.22. The minimum atomic E-state index is -3.91. The quantitative estimate of drug-likeness (QED) is 0.585. The first-order chi connectivity index (χ1) is 12.7. The largest absolute Gasteiger partial charge is 0.377 e. The number of likely N-dealkylation sites (N-methyl/N-ethyl adjacent to an activating group) is 1. The van der Waals surface area contributed by atoms with E-state index in [1.54, 1.807) is 13.8 Å². The van der Waals surface area contributed by atoms with Gasteiger partial charge in [-0.05, 0) is 44.9 Å². The van der Waals surface area contributed by atoms with Crippen molar-refractivity contribution in [2.45, 2.75) is 43.7 Å². The Labute approximate surface area is 164 Å². The number of nitrogens with one attached hydrogen (secondary N) is 3. The molecule has 1 aliphatic heterocycles. The highest BCUT2D eigenvalue weighted by molar-refractivity contribution is 7.89. The molecule has 27 heavy (non-hydrogen) atoms. The molecule has 8 nitrogen and oxygen atoms in total. The number of halogens is 1. The van der Waals surface area contributed by atoms with Gasteiger partial charge >= 0.3 is 0 Å². The molecule has 3 N–H and O–H groups in total. The lowest BCUT2D eigenvalue weighted by Crippen LogP contribution is -2.44. The molecule has 150 valence electrons. The number of hydrogen-bond acceptors (Lipinski definition) is 5. The average molecular weight is 418 g/mol. The Morgan fingerprint density at radius 3 is 2.74 bits per heavy atom. The van der Waals surface area contributed by atoms with E-state index in [4.69, 9.17) is 16.3 Å². The van der Waals surface area contributed by atoms with Crippen LogP contribution < -0.4 is 15.4 Å². The van der Waals surface area contributed by atoms with Gasteiger partial charge in [0.2, 0.25) is 15.9 Å². The Kier molecular flexibility index (Phi) is 7.60. The highest BCUT2D eigenvalue weighted by atomic mass is 35.5. The normalized spacial score (nSPS) is 18.1. The van der Waals surface area contributed by atoms with Crippen LogP contribution in [0.1, 0.15) is 37.0 Å². The van der Waals surface area contributed by atoms with E-state index in [1.165, 1.54) is 18.2 Å². The second-order valence-corrected chi connectivity index (χ2v) is 8.36. The number of ether oxygens (including phenoxy) is 1. The third-order valence-corrected chi connectivity index (χ3v) is 6.00. The molecule has 0 bridgehead atoms. The lowest BCUT2D eigenvalue weighted by molar-refractivity contribution is -0.122. The summed E-state index contributed by atoms with van der Waals surface area (Å²) in [5.74, 6) is -0.896. The molecule has 0 radical (unpaired) electrons. The number of benzene rings is 1. The third-order valence-electron chi connectivity index (χ3n) is 4.10. The number of carbonyl (C=O) groups excluding carboxylic acids is 2. The van der Waals surface area contributed by atoms with Crippen LogP contribution in [0, 0.1) is 0 Å². The van der Waals surface area contributed by atoms with Crippen molar-refractivity contribution in [2.24, 2.45) is 0 Å². The number of amides is 2. The summed E-state index contributed by atoms with van der Waals surface area (Å²) in [6.07, 6.45) is 1.52. The zero-order valence-corrected chi connectivity index (χ0v) is 16.8. The van der Waals surface area contributed by atoms with E-state index in [0.29, 0.717) is 13.2 Å². The van der Waals surface area contributed by atoms with Crippen molar-refractivity contribution in [3.63, 3.8) is 0 Å². The van der Waals surface area contributed by atoms with Crippen LogP contribution in [0.4, 0.5) is 0 Å². The molecule has 2 amide bonds. The maximum absolute atomic E-state index is 12.6. The molecule has 1 aromatic rings. The van der Waals surface area contributed by atoms with Gasteiger partial charge in [-0.15, -0.1) is 0 Å². The lowest BCUT2D eigenvalue weighted by Gasteiger charge is -2.15. The number of rotatable bonds is 8. The minimum absolute atomic E-state index is 0.00293. The summed E-state index contributed by atoms with van der Waals surface area (Å²) in [4.78, 5) is 23.9. The van der Waals surface area contributed by atoms with Crippen LogP contribution in [0.3, 0.4) is 0 Å². The van der Waals surface area contributed by atoms with E-state index in [2.05, 4.69) is 15.4 Å². The van der Waals surface area contributed by atoms with Gasteiger partial charge in [-0.25, -0.2) is 13.1 Å². The molecule has 1 aliphatic rings. The van der Waals surface area contributed by atoms with Crippen LogP contribution in [0.5, 0.6) is 0 Å². The van der Waals surface area contributed by atoms with Crippen molar-refractivity contribution in [3.05, 3.63) is 28.8 Å². The zero-order valence-electron chi connectivity index (χ0n) is 15.2. The topological polar surface area (TPSA) is 114 Å². The minimum Gasteiger partial charge on any atom is -0.377 e. The summed E-state index contributed by atoms with van der Waals surface area (Å²) in [5.41, 5.74) is 0.0908. The molecule has 10 heteroatoms. The van der Waals surface area contributed by atoms with E-state index in [9.17, 15) is 18.0 Å². The summed E-state index contributed by atoms with van der Waals surface area (Å²) in [7, 11) is -3.91. The second kappa shape index (κ2) is 9.50. The molecule has 2 atom stereocenters. The number of hydrogen-bond donors (Lipinski definition) is 3. The molecule has 0 aliphatic carbocycles. The first kappa shape index (κ1) is 21.6. The fourth-order valence-corrected chi connectivity index (χ4v) is 4.20. The Bertz CT molecular complexity index is 794. The predicted octanol–water partition coefficient (Wildman–Crippen LogP) is 1.05. The van der Waals surface area contributed by atoms with Gasteiger partial charge < -0.3 is 15.4 Å². The maximum Gasteiger partial charge on any atom is 0.251 e. The van der Waals surface area contributed by atoms with Crippen LogP contribution in [0.15, 0.2) is 23.1 Å². The van der Waals surface area contributed by atoms with E-state index < -0.39 is 22.0 Å². The van der Waals surface area contributed by atoms with Gasteiger partial charge in [0.1, 0.15) is 10.9 Å². The van der Waals surface area contributed by atoms with Crippen molar-refractivity contribution >= 4 is 33.4 Å². The van der Waals surface area contributed by atoms with Crippen molar-refractivity contribution < 1.29 is 22.7 Å². The Balaban J connectivity index is 2.12. The molecule has 1 fully saturated rings. The predicted molar refractivity (Wildman–Crippen MR) is 101 cm³/mol. The van der Waals surface area contributed by atoms with Gasteiger partial charge in [-0.2, -0.15) is 0 Å². The highest BCUT2D eigenvalue weighted by Crippen LogP contribution is 2.23. The Morgan fingerprint density at radius 2 is 2.11 bits per heavy atom. The van der Waals surface area contributed by atoms with Crippen molar-refractivity contribution in [3.8, 4) is 0 Å². The van der Waals surface area contributed by atoms with E-state index >= 15 is 0 Å². The lowest BCUT2D eigenvalue weighted by atomic mass is 10.2. The van der Waals surface area contributed by atoms with Gasteiger partial charge in [0.05, 0.1) is 11.1 Å². The molecule has 0 spiro atoms. The van der Waals surface area contributed by atoms with Gasteiger partial charge in [0.15, 0.2) is 0 Å². The SMILES string of the molecule is CCNC(=O)[C@@H](C)NC(=O)c1ccc(Cl)c(S(=O)(=O)NC[C@@H]2CCCO2)c1. The number of sulfonamides is 1. The van der Waals surface area contributed by atoms with Crippen LogP contribution in [0.25, 0.3) is 0 Å². The van der Waals surface area contributed by atoms with Crippen LogP contribution in [-0.2, 0) is 19.6 Å². The molecule has 0 unspecified atom stereocenters. The first-order valence-corrected chi connectivity index (χ1v) is 10.6. The van der Waals surface area contributed by atoms with Gasteiger partial charge in [0.25, 0.3) is 5.91 Å². The highest BCUT2D eigenvalue weighted by Gasteiger charge is 2.24. The molecule has 0 saturated carbocycles. The van der Waals surface area contributed by atoms with Crippen molar-refractivity contribution in [2.75, 3.05) is 19.7 Å². The summed E-state index contributed by atoms with van der Waals surface area (Å²) in [6.45, 7) is 4.51. The summed E-state index contributed by atoms with van der Waals surface area (Å²) in [5, 5.41) is 5.13. The van der Waals surface area contributed by atoms with Gasteiger partial charge in [-0.3, -0.25) is 9.59 Å². The summed E-state index contributed by atoms with van der Waals surface area (Å²) in [6, 6.07) is 3.18. The van der Waals surface area contributed by atoms with Gasteiger partial charge in [-0.1, -0.05) is 11.6 Å². The fourth-order valence-electron chi connectivity index (χ4n) is 2.61. The van der Waals surface area contributed by atoms with Crippen LogP contribution in [0.2, 0.25) is 5.02 Å². The molecule has 2 rings (SSSR count). The third kappa shape index (κ3) is 5.90. The number of carbonyl (C=O) groups is 2. The first-order valence-electron chi connectivity index (χ1n) is 8.74. The van der Waals surface area contributed by atoms with Crippen molar-refractivity contribution in [1.82, 2.24) is 15.4 Å². The smallest absolute Gasteiger partial charge is 0.251 e. The van der Waals surface area contributed by atoms with Gasteiger partial charge in [0, 0.05) is 25.3 Å². The molecular formula is C17H24ClN3O5S. The van der Waals surface area contributed by atoms with E-state index in [0.717, 1.165) is 12.8 Å².